The summed E-state index contributed by atoms with van der Waals surface area (Å²) in [5, 5.41) is 11.7. The number of fused-ring (bicyclic) bond motifs is 11. The lowest BCUT2D eigenvalue weighted by atomic mass is 9.94. The molecule has 0 aliphatic heterocycles. The van der Waals surface area contributed by atoms with Gasteiger partial charge in [0.2, 0.25) is 0 Å². The zero-order chi connectivity index (χ0) is 41.4. The number of para-hydroxylation sites is 2. The highest BCUT2D eigenvalue weighted by Crippen LogP contribution is 2.42. The number of nitrogens with zero attached hydrogens (tertiary/aromatic N) is 4. The SMILES string of the molecule is c1ccc(-c2nc3c(ccc4c5ccc(-c6ccc(-c7nc(-c8cc9ccccc9c9ccccc89)c8ccccc8n7)cc6)cc5n(-c5ccccc5)c43)c3ccccc23)cc1. The summed E-state index contributed by atoms with van der Waals surface area (Å²) in [6.07, 6.45) is 0. The van der Waals surface area contributed by atoms with Crippen LogP contribution in [-0.4, -0.2) is 19.5 Å². The summed E-state index contributed by atoms with van der Waals surface area (Å²) in [4.78, 5) is 16.0. The van der Waals surface area contributed by atoms with Gasteiger partial charge in [-0.3, -0.25) is 0 Å². The van der Waals surface area contributed by atoms with Crippen molar-refractivity contribution in [3.63, 3.8) is 0 Å². The van der Waals surface area contributed by atoms with E-state index in [4.69, 9.17) is 15.0 Å². The first-order valence-electron chi connectivity index (χ1n) is 21.4. The van der Waals surface area contributed by atoms with Gasteiger partial charge in [-0.25, -0.2) is 15.0 Å². The Morgan fingerprint density at radius 3 is 1.70 bits per heavy atom. The molecule has 0 aliphatic rings. The molecule has 0 aliphatic carbocycles. The Bertz CT molecular complexity index is 3950. The molecule has 0 saturated heterocycles. The van der Waals surface area contributed by atoms with Crippen molar-refractivity contribution < 1.29 is 0 Å². The first-order chi connectivity index (χ1) is 31.2. The van der Waals surface area contributed by atoms with Gasteiger partial charge in [-0.2, -0.15) is 0 Å². The lowest BCUT2D eigenvalue weighted by Gasteiger charge is -2.14. The molecular formula is C59H36N4. The van der Waals surface area contributed by atoms with Crippen LogP contribution in [0.15, 0.2) is 218 Å². The first kappa shape index (κ1) is 35.3. The van der Waals surface area contributed by atoms with Crippen LogP contribution in [0.5, 0.6) is 0 Å². The highest BCUT2D eigenvalue weighted by Gasteiger charge is 2.21. The van der Waals surface area contributed by atoms with Crippen molar-refractivity contribution in [2.45, 2.75) is 0 Å². The van der Waals surface area contributed by atoms with E-state index in [0.29, 0.717) is 5.82 Å². The third kappa shape index (κ3) is 5.59. The Balaban J connectivity index is 0.976. The number of benzene rings is 10. The number of aromatic nitrogens is 4. The maximum atomic E-state index is 5.54. The average Bonchev–Trinajstić information content (AvgIpc) is 3.70. The van der Waals surface area contributed by atoms with Crippen LogP contribution in [0.3, 0.4) is 0 Å². The van der Waals surface area contributed by atoms with Gasteiger partial charge in [0.15, 0.2) is 5.82 Å². The molecular weight excluding hydrogens is 765 g/mol. The van der Waals surface area contributed by atoms with E-state index in [0.717, 1.165) is 83.1 Å². The minimum atomic E-state index is 0.703. The summed E-state index contributed by atoms with van der Waals surface area (Å²) in [5.41, 5.74) is 12.6. The molecule has 292 valence electrons. The second-order valence-corrected chi connectivity index (χ2v) is 16.3. The third-order valence-electron chi connectivity index (χ3n) is 12.8. The van der Waals surface area contributed by atoms with Crippen LogP contribution in [0.1, 0.15) is 0 Å². The Labute approximate surface area is 363 Å². The van der Waals surface area contributed by atoms with Crippen molar-refractivity contribution in [3.05, 3.63) is 218 Å². The molecule has 0 bridgehead atoms. The second kappa shape index (κ2) is 14.1. The zero-order valence-corrected chi connectivity index (χ0v) is 34.1. The average molecular weight is 801 g/mol. The number of pyridine rings is 1. The molecule has 0 fully saturated rings. The summed E-state index contributed by atoms with van der Waals surface area (Å²) in [7, 11) is 0. The highest BCUT2D eigenvalue weighted by molar-refractivity contribution is 6.23. The van der Waals surface area contributed by atoms with Crippen molar-refractivity contribution in [1.29, 1.82) is 0 Å². The molecule has 4 heteroatoms. The molecule has 4 nitrogen and oxygen atoms in total. The molecule has 10 aromatic carbocycles. The molecule has 0 atom stereocenters. The summed E-state index contributed by atoms with van der Waals surface area (Å²) in [5.74, 6) is 0.703. The van der Waals surface area contributed by atoms with Gasteiger partial charge in [0.25, 0.3) is 0 Å². The molecule has 13 aromatic rings. The van der Waals surface area contributed by atoms with Gasteiger partial charge in [0, 0.05) is 49.3 Å². The van der Waals surface area contributed by atoms with Crippen LogP contribution in [0.2, 0.25) is 0 Å². The van der Waals surface area contributed by atoms with Gasteiger partial charge in [-0.1, -0.05) is 188 Å². The van der Waals surface area contributed by atoms with Crippen LogP contribution < -0.4 is 0 Å². The summed E-state index contributed by atoms with van der Waals surface area (Å²) < 4.78 is 2.41. The fourth-order valence-corrected chi connectivity index (χ4v) is 9.83. The molecule has 3 aromatic heterocycles. The second-order valence-electron chi connectivity index (χ2n) is 16.3. The number of hydrogen-bond acceptors (Lipinski definition) is 3. The molecule has 0 spiro atoms. The summed E-state index contributed by atoms with van der Waals surface area (Å²) in [6.45, 7) is 0. The largest absolute Gasteiger partial charge is 0.307 e. The van der Waals surface area contributed by atoms with E-state index in [2.05, 4.69) is 223 Å². The van der Waals surface area contributed by atoms with Crippen molar-refractivity contribution in [2.75, 3.05) is 0 Å². The van der Waals surface area contributed by atoms with E-state index in [1.54, 1.807) is 0 Å². The third-order valence-corrected chi connectivity index (χ3v) is 12.8. The fraction of sp³-hybridized carbons (Fsp3) is 0. The van der Waals surface area contributed by atoms with Crippen molar-refractivity contribution in [2.24, 2.45) is 0 Å². The fourth-order valence-electron chi connectivity index (χ4n) is 9.83. The maximum absolute atomic E-state index is 5.54. The summed E-state index contributed by atoms with van der Waals surface area (Å²) >= 11 is 0. The van der Waals surface area contributed by atoms with Crippen LogP contribution in [0.25, 0.3) is 127 Å². The first-order valence-corrected chi connectivity index (χ1v) is 21.4. The van der Waals surface area contributed by atoms with Gasteiger partial charge < -0.3 is 4.57 Å². The predicted octanol–water partition coefficient (Wildman–Crippen LogP) is 15.4. The van der Waals surface area contributed by atoms with Gasteiger partial charge in [0.05, 0.1) is 33.5 Å². The van der Waals surface area contributed by atoms with E-state index in [-0.39, 0.29) is 0 Å². The predicted molar refractivity (Wildman–Crippen MR) is 263 cm³/mol. The van der Waals surface area contributed by atoms with E-state index in [1.165, 1.54) is 37.7 Å². The quantitative estimate of drug-likeness (QED) is 0.163. The molecule has 0 N–H and O–H groups in total. The molecule has 0 radical (unpaired) electrons. The lowest BCUT2D eigenvalue weighted by Crippen LogP contribution is -1.97. The molecule has 13 rings (SSSR count). The van der Waals surface area contributed by atoms with Crippen LogP contribution >= 0.6 is 0 Å². The Morgan fingerprint density at radius 2 is 0.905 bits per heavy atom. The Morgan fingerprint density at radius 1 is 0.317 bits per heavy atom. The number of hydrogen-bond donors (Lipinski definition) is 0. The monoisotopic (exact) mass is 800 g/mol. The molecule has 3 heterocycles. The summed E-state index contributed by atoms with van der Waals surface area (Å²) in [6, 6.07) is 77.9. The van der Waals surface area contributed by atoms with Gasteiger partial charge in [-0.15, -0.1) is 0 Å². The highest BCUT2D eigenvalue weighted by atomic mass is 15.0. The van der Waals surface area contributed by atoms with Crippen LogP contribution in [0.4, 0.5) is 0 Å². The van der Waals surface area contributed by atoms with Crippen LogP contribution in [-0.2, 0) is 0 Å². The normalized spacial score (nSPS) is 11.8. The van der Waals surface area contributed by atoms with E-state index < -0.39 is 0 Å². The Kier molecular flexibility index (Phi) is 7.87. The minimum Gasteiger partial charge on any atom is -0.307 e. The topological polar surface area (TPSA) is 43.6 Å². The standard InChI is InChI=1S/C59H36N4/c1-3-15-38(16-4-1)55-48-24-12-11-23-46(48)49-33-34-50-47-32-31-40(36-54(47)63(58(50)57(49)61-55)42-18-5-2-6-19-42)37-27-29-39(30-28-37)59-60-53-26-14-13-25-51(53)56(62-59)52-35-41-17-7-8-20-43(41)44-21-9-10-22-45(44)52/h1-36H. The van der Waals surface area contributed by atoms with Crippen LogP contribution in [0, 0.1) is 0 Å². The smallest absolute Gasteiger partial charge is 0.160 e. The maximum Gasteiger partial charge on any atom is 0.160 e. The molecule has 0 saturated carbocycles. The van der Waals surface area contributed by atoms with E-state index in [1.807, 2.05) is 0 Å². The minimum absolute atomic E-state index is 0.703. The van der Waals surface area contributed by atoms with E-state index in [9.17, 15) is 0 Å². The molecule has 0 amide bonds. The van der Waals surface area contributed by atoms with Gasteiger partial charge >= 0.3 is 0 Å². The van der Waals surface area contributed by atoms with Crippen molar-refractivity contribution in [1.82, 2.24) is 19.5 Å². The molecule has 63 heavy (non-hydrogen) atoms. The number of rotatable bonds is 5. The van der Waals surface area contributed by atoms with Gasteiger partial charge in [-0.05, 0) is 68.4 Å². The zero-order valence-electron chi connectivity index (χ0n) is 34.1. The van der Waals surface area contributed by atoms with Gasteiger partial charge in [0.1, 0.15) is 0 Å². The molecule has 0 unspecified atom stereocenters. The lowest BCUT2D eigenvalue weighted by molar-refractivity contribution is 1.18. The van der Waals surface area contributed by atoms with Crippen molar-refractivity contribution in [3.8, 4) is 50.7 Å². The Hall–Kier alpha value is -8.47. The van der Waals surface area contributed by atoms with E-state index >= 15 is 0 Å². The van der Waals surface area contributed by atoms with Crippen molar-refractivity contribution >= 4 is 75.9 Å².